The van der Waals surface area contributed by atoms with Gasteiger partial charge in [-0.1, -0.05) is 116 Å². The zero-order valence-corrected chi connectivity index (χ0v) is 57.6. The van der Waals surface area contributed by atoms with Crippen LogP contribution in [0.1, 0.15) is 152 Å². The monoisotopic (exact) mass is 1680 g/mol. The van der Waals surface area contributed by atoms with Gasteiger partial charge in [0.15, 0.2) is 0 Å². The number of aliphatic hydroxyl groups excluding tert-OH is 3. The Morgan fingerprint density at radius 1 is 0.681 bits per heavy atom. The van der Waals surface area contributed by atoms with E-state index in [0.29, 0.717) is 32.5 Å². The van der Waals surface area contributed by atoms with Crippen LogP contribution in [0.5, 0.6) is 0 Å². The molecule has 0 aromatic heterocycles. The molecule has 0 spiro atoms. The SMILES string of the molecule is C=C1C[C@]2(CC)O[CH-][C@H]1[C@@H]2O.C=C1C[C@]2(CC)O[CH-][C@H]1[C@@H]2OP(OCCC#N)N(CCC)CCC.C=C1C[C@]2(CO)O[CH-][C@H]1[C@@H]2O.CCCCCC.CCCN(CCC)P=NOCCC#N.[U].[U].[U]. The van der Waals surface area contributed by atoms with E-state index in [0.717, 1.165) is 97.2 Å². The number of unbranched alkanes of at least 4 members (excludes halogenated alkanes) is 3. The summed E-state index contributed by atoms with van der Waals surface area (Å²) in [7, 11) is -0.326. The maximum Gasteiger partial charge on any atom is 0.259 e. The first-order valence-electron chi connectivity index (χ1n) is 24.7. The van der Waals surface area contributed by atoms with Crippen LogP contribution in [-0.2, 0) is 28.1 Å². The number of hydrogen-bond acceptors (Lipinski definition) is 13. The molecule has 1 unspecified atom stereocenters. The number of fused-ring (bicyclic) bond motifs is 6. The Balaban J connectivity index is 0. The minimum Gasteiger partial charge on any atom is -0.545 e. The van der Waals surface area contributed by atoms with Crippen LogP contribution >= 0.6 is 17.0 Å². The van der Waals surface area contributed by atoms with E-state index >= 15 is 0 Å². The maximum absolute atomic E-state index is 9.73. The fourth-order valence-electron chi connectivity index (χ4n) is 8.76. The van der Waals surface area contributed by atoms with Gasteiger partial charge in [0.1, 0.15) is 8.52 Å². The third-order valence-electron chi connectivity index (χ3n) is 12.7. The van der Waals surface area contributed by atoms with Gasteiger partial charge in [0.2, 0.25) is 0 Å². The molecule has 3 heterocycles. The van der Waals surface area contributed by atoms with E-state index in [-0.39, 0.29) is 141 Å². The minimum absolute atomic E-state index is 0. The van der Waals surface area contributed by atoms with Crippen molar-refractivity contribution in [3.63, 3.8) is 0 Å². The quantitative estimate of drug-likeness (QED) is 0.0273. The van der Waals surface area contributed by atoms with Gasteiger partial charge in [-0.3, -0.25) is 0 Å². The molecule has 0 aromatic rings. The van der Waals surface area contributed by atoms with E-state index in [2.05, 4.69) is 88.5 Å². The van der Waals surface area contributed by atoms with E-state index in [1.165, 1.54) is 31.3 Å². The number of nitrogens with zero attached hydrogens (tertiary/aromatic N) is 5. The summed E-state index contributed by atoms with van der Waals surface area (Å²) < 4.78 is 33.6. The van der Waals surface area contributed by atoms with Gasteiger partial charge in [-0.15, -0.1) is 24.6 Å². The third-order valence-corrected chi connectivity index (χ3v) is 15.2. The van der Waals surface area contributed by atoms with E-state index < -0.39 is 20.2 Å². The Bertz CT molecular complexity index is 1510. The van der Waals surface area contributed by atoms with Crippen molar-refractivity contribution in [2.75, 3.05) is 46.0 Å². The molecule has 14 nitrogen and oxygen atoms in total. The molecule has 3 saturated carbocycles. The third kappa shape index (κ3) is 21.8. The maximum atomic E-state index is 9.73. The second kappa shape index (κ2) is 39.8. The first-order chi connectivity index (χ1) is 31.8. The predicted molar refractivity (Wildman–Crippen MR) is 263 cm³/mol. The largest absolute Gasteiger partial charge is 0.545 e. The van der Waals surface area contributed by atoms with Crippen LogP contribution in [0.4, 0.5) is 0 Å². The molecule has 10 atom stereocenters. The number of hydrogen-bond donors (Lipinski definition) is 3. The zero-order chi connectivity index (χ0) is 49.2. The van der Waals surface area contributed by atoms with Gasteiger partial charge in [0, 0.05) is 120 Å². The Morgan fingerprint density at radius 3 is 1.49 bits per heavy atom. The summed E-state index contributed by atoms with van der Waals surface area (Å²) in [5.74, 6) is 0.178. The summed E-state index contributed by atoms with van der Waals surface area (Å²) >= 11 is 0. The molecule has 3 N–H and O–H groups in total. The summed E-state index contributed by atoms with van der Waals surface area (Å²) in [4.78, 5) is 8.84. The van der Waals surface area contributed by atoms with Gasteiger partial charge in [-0.25, -0.2) is 34.0 Å². The van der Waals surface area contributed by atoms with E-state index in [4.69, 9.17) is 43.7 Å². The smallest absolute Gasteiger partial charge is 0.259 e. The molecule has 0 aromatic carbocycles. The van der Waals surface area contributed by atoms with Gasteiger partial charge in [0.25, 0.3) is 8.53 Å². The van der Waals surface area contributed by atoms with Gasteiger partial charge in [-0.05, 0) is 57.8 Å². The first-order valence-corrected chi connectivity index (χ1v) is 26.6. The molecule has 6 aliphatic rings. The topological polar surface area (TPSA) is 182 Å². The van der Waals surface area contributed by atoms with Crippen LogP contribution in [0.2, 0.25) is 0 Å². The second-order valence-corrected chi connectivity index (χ2v) is 20.2. The van der Waals surface area contributed by atoms with Crippen molar-refractivity contribution >= 4 is 17.0 Å². The molecule has 0 radical (unpaired) electrons. The molecule has 3 aliphatic heterocycles. The summed E-state index contributed by atoms with van der Waals surface area (Å²) in [6, 6.07) is 4.15. The molecule has 6 rings (SSSR count). The fraction of sp³-hybridized carbons (Fsp3) is 0.780. The van der Waals surface area contributed by atoms with Crippen molar-refractivity contribution < 1.29 is 137 Å². The Morgan fingerprint density at radius 2 is 1.12 bits per heavy atom. The van der Waals surface area contributed by atoms with Crippen LogP contribution in [0.15, 0.2) is 41.4 Å². The van der Waals surface area contributed by atoms with Gasteiger partial charge in [-0.2, -0.15) is 10.5 Å². The summed E-state index contributed by atoms with van der Waals surface area (Å²) in [5.41, 5.74) is 1.90. The summed E-state index contributed by atoms with van der Waals surface area (Å²) in [6.45, 7) is 39.0. The Hall–Kier alpha value is 1.45. The number of ether oxygens (including phenoxy) is 3. The molecule has 69 heavy (non-hydrogen) atoms. The van der Waals surface area contributed by atoms with Crippen molar-refractivity contribution in [2.24, 2.45) is 22.7 Å². The van der Waals surface area contributed by atoms with Crippen molar-refractivity contribution in [3.8, 4) is 12.1 Å². The van der Waals surface area contributed by atoms with Gasteiger partial charge < -0.3 is 38.6 Å². The van der Waals surface area contributed by atoms with Crippen LogP contribution in [0.3, 0.4) is 0 Å². The van der Waals surface area contributed by atoms with E-state index in [1.807, 2.05) is 19.6 Å². The molecule has 0 amide bonds. The normalized spacial score (nSPS) is 29.0. The first kappa shape index (κ1) is 72.5. The number of rotatable bonds is 24. The average Bonchev–Trinajstić information content (AvgIpc) is 4.11. The molecular formula is C50H86N5O9P2U3-3. The number of aliphatic hydroxyl groups is 3. The summed E-state index contributed by atoms with van der Waals surface area (Å²) in [6.07, 6.45) is 13.7. The average molecular weight is 1680 g/mol. The molecule has 3 saturated heterocycles. The Labute approximate surface area is 492 Å². The molecular weight excluding hydrogens is 1590 g/mol. The van der Waals surface area contributed by atoms with Crippen molar-refractivity contribution in [1.29, 1.82) is 10.5 Å². The fourth-order valence-corrected chi connectivity index (χ4v) is 11.4. The predicted octanol–water partition coefficient (Wildman–Crippen LogP) is 11.3. The van der Waals surface area contributed by atoms with Crippen LogP contribution in [0, 0.1) is 154 Å². The summed E-state index contributed by atoms with van der Waals surface area (Å²) in [5, 5.41) is 45.4. The standard InChI is InChI=1S/C18H30N2O3P.C9H18N3OP.C9H13O2.C8H11O3.C6H14.3U/c1-5-10-20(11-6-2)24(22-12-8-9-19)23-17-16-14-21-18(17,7-3)13-15(16)4;1-3-7-12(8-4-2)14-11-13-9-5-6-10;1-3-9-4-6(2)7(5-11-9)8(9)10;1-5-2-8(4-9)7(10)6(5)3-11-8;1-3-5-6-4-2;;;/h14,16-17H,4-8,10-13H2,1-3H3;3-5,7-9H2,1-2H3;5,7-8,10H,2-4H2,1H3;3,6-7,9-10H,1-2,4H2;3-6H2,1-2H3;;;/q-1;;2*-1;;;;/t16-,17+,18+,24?;;7-,8+,9+;6-,7+,8-;;;;/m1.11..../s1. The molecule has 3 aliphatic carbocycles. The second-order valence-electron chi connectivity index (χ2n) is 17.8. The van der Waals surface area contributed by atoms with E-state index in [1.54, 1.807) is 13.2 Å². The van der Waals surface area contributed by atoms with Crippen molar-refractivity contribution in [3.05, 3.63) is 56.3 Å². The molecule has 19 heteroatoms. The van der Waals surface area contributed by atoms with Crippen molar-refractivity contribution in [2.45, 2.75) is 187 Å². The molecule has 6 fully saturated rings. The molecule has 390 valence electrons. The van der Waals surface area contributed by atoms with Gasteiger partial charge >= 0.3 is 0 Å². The van der Waals surface area contributed by atoms with Gasteiger partial charge in [0.05, 0.1) is 79.9 Å². The van der Waals surface area contributed by atoms with Crippen LogP contribution in [0.25, 0.3) is 0 Å². The zero-order valence-electron chi connectivity index (χ0n) is 43.3. The Kier molecular flexibility index (Phi) is 41.8. The van der Waals surface area contributed by atoms with Crippen molar-refractivity contribution in [1.82, 2.24) is 9.34 Å². The van der Waals surface area contributed by atoms with Crippen LogP contribution in [-0.4, -0.2) is 106 Å². The minimum atomic E-state index is -1.19. The molecule has 6 bridgehead atoms. The van der Waals surface area contributed by atoms with Crippen LogP contribution < -0.4 is 0 Å². The van der Waals surface area contributed by atoms with E-state index in [9.17, 15) is 10.2 Å². The number of nitriles is 2.